The summed E-state index contributed by atoms with van der Waals surface area (Å²) in [5.74, 6) is -0.905. The molecule has 0 aliphatic heterocycles. The Morgan fingerprint density at radius 2 is 1.73 bits per heavy atom. The quantitative estimate of drug-likeness (QED) is 0.683. The van der Waals surface area contributed by atoms with Gasteiger partial charge >= 0.3 is 0 Å². The fraction of sp³-hybridized carbons (Fsp3) is 0.556. The van der Waals surface area contributed by atoms with Gasteiger partial charge in [0.1, 0.15) is 17.4 Å². The number of hydrogen-bond acceptors (Lipinski definition) is 2. The van der Waals surface area contributed by atoms with Crippen molar-refractivity contribution in [2.24, 2.45) is 5.92 Å². The first-order valence-corrected chi connectivity index (χ1v) is 8.02. The van der Waals surface area contributed by atoms with Gasteiger partial charge in [0.15, 0.2) is 0 Å². The van der Waals surface area contributed by atoms with E-state index in [4.69, 9.17) is 11.6 Å². The lowest BCUT2D eigenvalue weighted by molar-refractivity contribution is -0.119. The summed E-state index contributed by atoms with van der Waals surface area (Å²) in [6.07, 6.45) is 0.575. The molecule has 0 aromatic heterocycles. The largest absolute Gasteiger partial charge is 0.300 e. The SMILES string of the molecule is CC(=O)CCC(C(C)=O)c1c(F)ccc(Cl)c1C(C)C(C)C. The molecule has 0 saturated carbocycles. The van der Waals surface area contributed by atoms with Crippen LogP contribution in [-0.2, 0) is 9.59 Å². The summed E-state index contributed by atoms with van der Waals surface area (Å²) in [4.78, 5) is 23.3. The number of ketones is 2. The highest BCUT2D eigenvalue weighted by Crippen LogP contribution is 2.39. The fourth-order valence-electron chi connectivity index (χ4n) is 2.63. The topological polar surface area (TPSA) is 34.1 Å². The van der Waals surface area contributed by atoms with E-state index in [-0.39, 0.29) is 29.8 Å². The minimum Gasteiger partial charge on any atom is -0.300 e. The predicted molar refractivity (Wildman–Crippen MR) is 88.0 cm³/mol. The monoisotopic (exact) mass is 326 g/mol. The molecule has 4 heteroatoms. The second kappa shape index (κ2) is 7.87. The summed E-state index contributed by atoms with van der Waals surface area (Å²) in [6.45, 7) is 8.97. The van der Waals surface area contributed by atoms with Gasteiger partial charge < -0.3 is 4.79 Å². The van der Waals surface area contributed by atoms with Crippen LogP contribution in [-0.4, -0.2) is 11.6 Å². The second-order valence-corrected chi connectivity index (χ2v) is 6.70. The molecular weight excluding hydrogens is 303 g/mol. The van der Waals surface area contributed by atoms with Crippen LogP contribution < -0.4 is 0 Å². The molecule has 0 radical (unpaired) electrons. The van der Waals surface area contributed by atoms with Crippen molar-refractivity contribution in [3.8, 4) is 0 Å². The number of Topliss-reactive ketones (excluding diaryl/α,β-unsaturated/α-hetero) is 2. The van der Waals surface area contributed by atoms with Crippen LogP contribution >= 0.6 is 11.6 Å². The smallest absolute Gasteiger partial charge is 0.137 e. The number of hydrogen-bond donors (Lipinski definition) is 0. The molecule has 2 unspecified atom stereocenters. The van der Waals surface area contributed by atoms with E-state index in [2.05, 4.69) is 0 Å². The average Bonchev–Trinajstić information content (AvgIpc) is 2.41. The molecule has 0 N–H and O–H groups in total. The Balaban J connectivity index is 3.43. The highest BCUT2D eigenvalue weighted by atomic mass is 35.5. The van der Waals surface area contributed by atoms with Crippen LogP contribution in [0.1, 0.15) is 70.4 Å². The molecular formula is C18H24ClFO2. The van der Waals surface area contributed by atoms with Crippen molar-refractivity contribution in [1.82, 2.24) is 0 Å². The summed E-state index contributed by atoms with van der Waals surface area (Å²) in [5.41, 5.74) is 1.06. The number of rotatable bonds is 7. The van der Waals surface area contributed by atoms with Crippen LogP contribution in [0, 0.1) is 11.7 Å². The molecule has 2 atom stereocenters. The average molecular weight is 327 g/mol. The van der Waals surface area contributed by atoms with E-state index in [9.17, 15) is 14.0 Å². The summed E-state index contributed by atoms with van der Waals surface area (Å²) >= 11 is 6.31. The van der Waals surface area contributed by atoms with Crippen LogP contribution in [0.25, 0.3) is 0 Å². The van der Waals surface area contributed by atoms with Crippen LogP contribution in [0.4, 0.5) is 4.39 Å². The van der Waals surface area contributed by atoms with E-state index in [0.717, 1.165) is 0 Å². The molecule has 22 heavy (non-hydrogen) atoms. The van der Waals surface area contributed by atoms with Gasteiger partial charge in [-0.15, -0.1) is 0 Å². The van der Waals surface area contributed by atoms with Gasteiger partial charge in [-0.25, -0.2) is 4.39 Å². The van der Waals surface area contributed by atoms with Gasteiger partial charge in [0.2, 0.25) is 0 Å². The zero-order chi connectivity index (χ0) is 17.0. The molecule has 0 heterocycles. The normalized spacial score (nSPS) is 14.0. The maximum Gasteiger partial charge on any atom is 0.137 e. The Morgan fingerprint density at radius 1 is 1.14 bits per heavy atom. The molecule has 0 bridgehead atoms. The standard InChI is InChI=1S/C18H24ClFO2/c1-10(2)12(4)17-15(19)8-9-16(20)18(17)14(13(5)22)7-6-11(3)21/h8-10,12,14H,6-7H2,1-5H3. The molecule has 0 saturated heterocycles. The molecule has 0 amide bonds. The predicted octanol–water partition coefficient (Wildman–Crippen LogP) is 5.28. The minimum atomic E-state index is -0.626. The lowest BCUT2D eigenvalue weighted by atomic mass is 9.80. The third-order valence-electron chi connectivity index (χ3n) is 4.26. The van der Waals surface area contributed by atoms with Crippen LogP contribution in [0.15, 0.2) is 12.1 Å². The van der Waals surface area contributed by atoms with Crippen molar-refractivity contribution in [3.63, 3.8) is 0 Å². The highest BCUT2D eigenvalue weighted by Gasteiger charge is 2.28. The first kappa shape index (κ1) is 18.8. The van der Waals surface area contributed by atoms with Crippen LogP contribution in [0.3, 0.4) is 0 Å². The summed E-state index contributed by atoms with van der Waals surface area (Å²) < 4.78 is 14.5. The Bertz CT molecular complexity index is 566. The van der Waals surface area contributed by atoms with Crippen molar-refractivity contribution < 1.29 is 14.0 Å². The number of carbonyl (C=O) groups excluding carboxylic acids is 2. The molecule has 0 aliphatic rings. The first-order chi connectivity index (χ1) is 10.2. The molecule has 1 rings (SSSR count). The molecule has 1 aromatic rings. The number of halogens is 2. The van der Waals surface area contributed by atoms with E-state index >= 15 is 0 Å². The Kier molecular flexibility index (Phi) is 6.73. The minimum absolute atomic E-state index is 0.00727. The second-order valence-electron chi connectivity index (χ2n) is 6.29. The Labute approximate surface area is 137 Å². The number of benzene rings is 1. The fourth-order valence-corrected chi connectivity index (χ4v) is 2.97. The van der Waals surface area contributed by atoms with Crippen molar-refractivity contribution >= 4 is 23.2 Å². The molecule has 122 valence electrons. The highest BCUT2D eigenvalue weighted by molar-refractivity contribution is 6.31. The van der Waals surface area contributed by atoms with Gasteiger partial charge in [0, 0.05) is 22.9 Å². The van der Waals surface area contributed by atoms with Gasteiger partial charge in [-0.2, -0.15) is 0 Å². The summed E-state index contributed by atoms with van der Waals surface area (Å²) in [5, 5.41) is 0.478. The Hall–Kier alpha value is -1.22. The van der Waals surface area contributed by atoms with Crippen molar-refractivity contribution in [2.75, 3.05) is 0 Å². The summed E-state index contributed by atoms with van der Waals surface area (Å²) in [6, 6.07) is 2.84. The zero-order valence-electron chi connectivity index (χ0n) is 13.9. The van der Waals surface area contributed by atoms with Gasteiger partial charge in [0.25, 0.3) is 0 Å². The maximum atomic E-state index is 14.5. The zero-order valence-corrected chi connectivity index (χ0v) is 14.6. The van der Waals surface area contributed by atoms with Gasteiger partial charge in [-0.3, -0.25) is 4.79 Å². The van der Waals surface area contributed by atoms with Gasteiger partial charge in [-0.05, 0) is 49.8 Å². The van der Waals surface area contributed by atoms with E-state index in [1.807, 2.05) is 20.8 Å². The molecule has 0 aliphatic carbocycles. The molecule has 0 fully saturated rings. The lowest BCUT2D eigenvalue weighted by Gasteiger charge is -2.25. The van der Waals surface area contributed by atoms with Crippen molar-refractivity contribution in [3.05, 3.63) is 34.1 Å². The summed E-state index contributed by atoms with van der Waals surface area (Å²) in [7, 11) is 0. The van der Waals surface area contributed by atoms with Gasteiger partial charge in [0.05, 0.1) is 0 Å². The van der Waals surface area contributed by atoms with Gasteiger partial charge in [-0.1, -0.05) is 32.4 Å². The lowest BCUT2D eigenvalue weighted by Crippen LogP contribution is -2.17. The van der Waals surface area contributed by atoms with Crippen LogP contribution in [0.5, 0.6) is 0 Å². The molecule has 0 spiro atoms. The van der Waals surface area contributed by atoms with E-state index in [0.29, 0.717) is 22.6 Å². The number of carbonyl (C=O) groups is 2. The van der Waals surface area contributed by atoms with E-state index in [1.54, 1.807) is 0 Å². The van der Waals surface area contributed by atoms with Crippen molar-refractivity contribution in [2.45, 2.75) is 59.3 Å². The maximum absolute atomic E-state index is 14.5. The molecule has 1 aromatic carbocycles. The molecule has 2 nitrogen and oxygen atoms in total. The third kappa shape index (κ3) is 4.39. The third-order valence-corrected chi connectivity index (χ3v) is 4.59. The van der Waals surface area contributed by atoms with E-state index < -0.39 is 11.7 Å². The van der Waals surface area contributed by atoms with E-state index in [1.165, 1.54) is 26.0 Å². The van der Waals surface area contributed by atoms with Crippen molar-refractivity contribution in [1.29, 1.82) is 0 Å². The first-order valence-electron chi connectivity index (χ1n) is 7.64. The van der Waals surface area contributed by atoms with Crippen LogP contribution in [0.2, 0.25) is 5.02 Å². The Morgan fingerprint density at radius 3 is 2.18 bits per heavy atom.